The maximum Gasteiger partial charge on any atom is 0.0720 e. The smallest absolute Gasteiger partial charge is 0.0720 e. The lowest BCUT2D eigenvalue weighted by Gasteiger charge is -2.19. The number of hydrogen-bond acceptors (Lipinski definition) is 3. The summed E-state index contributed by atoms with van der Waals surface area (Å²) in [5, 5.41) is 20.4. The molecule has 3 nitrogen and oxygen atoms in total. The van der Waals surface area contributed by atoms with Crippen molar-refractivity contribution in [3.63, 3.8) is 0 Å². The van der Waals surface area contributed by atoms with E-state index in [0.29, 0.717) is 24.4 Å². The summed E-state index contributed by atoms with van der Waals surface area (Å²) in [5.41, 5.74) is 2.84. The van der Waals surface area contributed by atoms with Gasteiger partial charge in [-0.15, -0.1) is 0 Å². The second-order valence-corrected chi connectivity index (χ2v) is 6.65. The molecule has 1 N–H and O–H groups in total. The molecule has 0 aliphatic carbocycles. The van der Waals surface area contributed by atoms with Crippen molar-refractivity contribution in [3.8, 4) is 17.2 Å². The lowest BCUT2D eigenvalue weighted by atomic mass is 9.88. The van der Waals surface area contributed by atoms with Crippen molar-refractivity contribution in [1.82, 2.24) is 4.90 Å². The first kappa shape index (κ1) is 18.5. The van der Waals surface area contributed by atoms with Gasteiger partial charge < -0.3 is 10.0 Å². The minimum absolute atomic E-state index is 0.296. The van der Waals surface area contributed by atoms with Gasteiger partial charge in [0, 0.05) is 17.1 Å². The summed E-state index contributed by atoms with van der Waals surface area (Å²) in [4.78, 5) is 1.95. The number of nitrogens with zero attached hydrogens (tertiary/aromatic N) is 2. The first-order valence-corrected chi connectivity index (χ1v) is 8.47. The quantitative estimate of drug-likeness (QED) is 0.815. The molecule has 2 rings (SSSR count). The van der Waals surface area contributed by atoms with Crippen LogP contribution in [0.15, 0.2) is 48.5 Å². The number of nitriles is 1. The van der Waals surface area contributed by atoms with Gasteiger partial charge in [0.2, 0.25) is 0 Å². The van der Waals surface area contributed by atoms with Crippen molar-refractivity contribution >= 4 is 11.6 Å². The number of aliphatic hydroxyl groups is 1. The number of rotatable bonds is 7. The Morgan fingerprint density at radius 1 is 1.08 bits per heavy atom. The van der Waals surface area contributed by atoms with Gasteiger partial charge in [-0.3, -0.25) is 0 Å². The van der Waals surface area contributed by atoms with Crippen LogP contribution in [0, 0.1) is 11.3 Å². The van der Waals surface area contributed by atoms with E-state index in [1.807, 2.05) is 67.5 Å². The van der Waals surface area contributed by atoms with Crippen LogP contribution in [0.2, 0.25) is 5.02 Å². The van der Waals surface area contributed by atoms with E-state index in [-0.39, 0.29) is 5.92 Å². The molecule has 0 heterocycles. The van der Waals surface area contributed by atoms with Gasteiger partial charge >= 0.3 is 0 Å². The summed E-state index contributed by atoms with van der Waals surface area (Å²) in [7, 11) is 3.85. The van der Waals surface area contributed by atoms with Crippen LogP contribution in [0.4, 0.5) is 0 Å². The Bertz CT molecular complexity index is 695. The molecule has 126 valence electrons. The summed E-state index contributed by atoms with van der Waals surface area (Å²) < 4.78 is 0. The van der Waals surface area contributed by atoms with E-state index in [2.05, 4.69) is 6.07 Å². The lowest BCUT2D eigenvalue weighted by molar-refractivity contribution is 0.125. The summed E-state index contributed by atoms with van der Waals surface area (Å²) in [6, 6.07) is 18.0. The molecule has 0 aromatic heterocycles. The topological polar surface area (TPSA) is 47.3 Å². The van der Waals surface area contributed by atoms with Gasteiger partial charge in [0.25, 0.3) is 0 Å². The molecule has 0 fully saturated rings. The van der Waals surface area contributed by atoms with Crippen LogP contribution in [-0.2, 0) is 0 Å². The van der Waals surface area contributed by atoms with Gasteiger partial charge in [-0.1, -0.05) is 54.1 Å². The zero-order chi connectivity index (χ0) is 17.5. The van der Waals surface area contributed by atoms with E-state index in [1.54, 1.807) is 0 Å². The third-order valence-electron chi connectivity index (χ3n) is 4.00. The Labute approximate surface area is 149 Å². The van der Waals surface area contributed by atoms with Crippen molar-refractivity contribution in [2.24, 2.45) is 0 Å². The van der Waals surface area contributed by atoms with Gasteiger partial charge in [-0.05, 0) is 44.1 Å². The monoisotopic (exact) mass is 342 g/mol. The molecule has 2 aromatic rings. The van der Waals surface area contributed by atoms with E-state index in [4.69, 9.17) is 11.6 Å². The molecule has 0 aliphatic heterocycles. The molecule has 0 radical (unpaired) electrons. The maximum atomic E-state index is 10.1. The van der Waals surface area contributed by atoms with Crippen molar-refractivity contribution in [2.75, 3.05) is 20.6 Å². The van der Waals surface area contributed by atoms with Gasteiger partial charge in [0.1, 0.15) is 0 Å². The Morgan fingerprint density at radius 3 is 2.42 bits per heavy atom. The summed E-state index contributed by atoms with van der Waals surface area (Å²) in [5.74, 6) is -0.296. The van der Waals surface area contributed by atoms with Crippen LogP contribution >= 0.6 is 11.6 Å². The Kier molecular flexibility index (Phi) is 6.81. The molecule has 4 heteroatoms. The summed E-state index contributed by atoms with van der Waals surface area (Å²) >= 11 is 6.43. The molecular weight excluding hydrogens is 320 g/mol. The van der Waals surface area contributed by atoms with Crippen LogP contribution in [0.25, 0.3) is 11.1 Å². The highest BCUT2D eigenvalue weighted by molar-refractivity contribution is 6.33. The molecule has 0 aliphatic rings. The number of likely N-dealkylation sites (N-methyl/N-ethyl adjacent to an activating group) is 1. The van der Waals surface area contributed by atoms with E-state index >= 15 is 0 Å². The van der Waals surface area contributed by atoms with Crippen molar-refractivity contribution in [3.05, 3.63) is 59.1 Å². The van der Waals surface area contributed by atoms with Crippen molar-refractivity contribution < 1.29 is 5.11 Å². The maximum absolute atomic E-state index is 10.1. The molecular formula is C20H23ClN2O. The lowest BCUT2D eigenvalue weighted by Crippen LogP contribution is -2.26. The zero-order valence-corrected chi connectivity index (χ0v) is 14.9. The molecule has 0 bridgehead atoms. The van der Waals surface area contributed by atoms with Crippen molar-refractivity contribution in [2.45, 2.75) is 24.9 Å². The fraction of sp³-hybridized carbons (Fsp3) is 0.350. The predicted molar refractivity (Wildman–Crippen MR) is 99.0 cm³/mol. The third-order valence-corrected chi connectivity index (χ3v) is 4.32. The van der Waals surface area contributed by atoms with Crippen LogP contribution < -0.4 is 0 Å². The summed E-state index contributed by atoms with van der Waals surface area (Å²) in [6.07, 6.45) is 0.748. The first-order valence-electron chi connectivity index (χ1n) is 8.09. The largest absolute Gasteiger partial charge is 0.392 e. The van der Waals surface area contributed by atoms with E-state index < -0.39 is 6.10 Å². The van der Waals surface area contributed by atoms with Crippen molar-refractivity contribution in [1.29, 1.82) is 5.26 Å². The molecule has 2 atom stereocenters. The van der Waals surface area contributed by atoms with E-state index in [9.17, 15) is 10.4 Å². The van der Waals surface area contributed by atoms with Gasteiger partial charge in [-0.2, -0.15) is 5.26 Å². The highest BCUT2D eigenvalue weighted by atomic mass is 35.5. The van der Waals surface area contributed by atoms with E-state index in [1.165, 1.54) is 0 Å². The average Bonchev–Trinajstić information content (AvgIpc) is 2.55. The molecule has 2 unspecified atom stereocenters. The standard InChI is InChI=1S/C20H23ClN2O/c1-23(2)14-17(24)12-11-16(13-22)18-9-6-10-19(21)20(18)15-7-4-3-5-8-15/h3-10,16-17,24H,11-12,14H2,1-2H3. The first-order chi connectivity index (χ1) is 11.5. The predicted octanol–water partition coefficient (Wildman–Crippen LogP) is 4.32. The second kappa shape index (κ2) is 8.84. The highest BCUT2D eigenvalue weighted by Crippen LogP contribution is 2.36. The van der Waals surface area contributed by atoms with Crippen LogP contribution in [0.5, 0.6) is 0 Å². The zero-order valence-electron chi connectivity index (χ0n) is 14.1. The SMILES string of the molecule is CN(C)CC(O)CCC(C#N)c1cccc(Cl)c1-c1ccccc1. The number of benzene rings is 2. The molecule has 0 amide bonds. The normalized spacial score (nSPS) is 13.5. The molecule has 0 saturated heterocycles. The molecule has 2 aromatic carbocycles. The van der Waals surface area contributed by atoms with E-state index in [0.717, 1.165) is 16.7 Å². The fourth-order valence-corrected chi connectivity index (χ4v) is 3.19. The molecule has 0 saturated carbocycles. The second-order valence-electron chi connectivity index (χ2n) is 6.25. The number of aliphatic hydroxyl groups excluding tert-OH is 1. The minimum atomic E-state index is -0.435. The molecule has 24 heavy (non-hydrogen) atoms. The fourth-order valence-electron chi connectivity index (χ4n) is 2.90. The third kappa shape index (κ3) is 4.82. The average molecular weight is 343 g/mol. The van der Waals surface area contributed by atoms with Crippen LogP contribution in [0.3, 0.4) is 0 Å². The van der Waals surface area contributed by atoms with Gasteiger partial charge in [0.15, 0.2) is 0 Å². The Balaban J connectivity index is 2.26. The van der Waals surface area contributed by atoms with Crippen LogP contribution in [-0.4, -0.2) is 36.8 Å². The minimum Gasteiger partial charge on any atom is -0.392 e. The van der Waals surface area contributed by atoms with Crippen LogP contribution in [0.1, 0.15) is 24.3 Å². The Morgan fingerprint density at radius 2 is 1.79 bits per heavy atom. The Hall–Kier alpha value is -1.86. The highest BCUT2D eigenvalue weighted by Gasteiger charge is 2.19. The number of halogens is 1. The van der Waals surface area contributed by atoms with Gasteiger partial charge in [0.05, 0.1) is 18.1 Å². The van der Waals surface area contributed by atoms with Gasteiger partial charge in [-0.25, -0.2) is 0 Å². The molecule has 0 spiro atoms. The number of hydrogen-bond donors (Lipinski definition) is 1. The summed E-state index contributed by atoms with van der Waals surface area (Å²) in [6.45, 7) is 0.596.